The fourth-order valence-corrected chi connectivity index (χ4v) is 3.11. The molecular weight excluding hydrogens is 224 g/mol. The molecule has 0 N–H and O–H groups in total. The van der Waals surface area contributed by atoms with Crippen LogP contribution >= 0.6 is 0 Å². The van der Waals surface area contributed by atoms with E-state index < -0.39 is 0 Å². The molecule has 1 aliphatic heterocycles. The van der Waals surface area contributed by atoms with Crippen molar-refractivity contribution in [3.63, 3.8) is 0 Å². The van der Waals surface area contributed by atoms with E-state index in [1.54, 1.807) is 0 Å². The molecule has 1 saturated heterocycles. The predicted molar refractivity (Wildman–Crippen MR) is 76.5 cm³/mol. The summed E-state index contributed by atoms with van der Waals surface area (Å²) in [5.41, 5.74) is 0.0470. The summed E-state index contributed by atoms with van der Waals surface area (Å²) in [5, 5.41) is 0. The third kappa shape index (κ3) is 2.94. The molecule has 0 aromatic carbocycles. The van der Waals surface area contributed by atoms with E-state index in [9.17, 15) is 4.79 Å². The van der Waals surface area contributed by atoms with Gasteiger partial charge in [0.1, 0.15) is 0 Å². The third-order valence-corrected chi connectivity index (χ3v) is 4.45. The molecule has 0 aromatic heterocycles. The van der Waals surface area contributed by atoms with Gasteiger partial charge in [-0.3, -0.25) is 4.79 Å². The fourth-order valence-electron chi connectivity index (χ4n) is 3.11. The largest absolute Gasteiger partial charge is 0.334 e. The number of carbonyl (C=O) groups excluding carboxylic acids is 1. The average Bonchev–Trinajstić information content (AvgIpc) is 2.39. The summed E-state index contributed by atoms with van der Waals surface area (Å²) in [6.45, 7) is 15.3. The van der Waals surface area contributed by atoms with Crippen LogP contribution in [0.25, 0.3) is 0 Å². The van der Waals surface area contributed by atoms with Gasteiger partial charge in [0.2, 0.25) is 5.91 Å². The second-order valence-electron chi connectivity index (χ2n) is 5.49. The van der Waals surface area contributed by atoms with Gasteiger partial charge in [-0.2, -0.15) is 0 Å². The van der Waals surface area contributed by atoms with Gasteiger partial charge in [-0.25, -0.2) is 0 Å². The van der Waals surface area contributed by atoms with Crippen LogP contribution in [-0.4, -0.2) is 46.9 Å². The minimum atomic E-state index is 0.0470. The van der Waals surface area contributed by atoms with Crippen LogP contribution in [0.3, 0.4) is 0 Å². The summed E-state index contributed by atoms with van der Waals surface area (Å²) < 4.78 is 0. The van der Waals surface area contributed by atoms with Gasteiger partial charge in [0.15, 0.2) is 0 Å². The monoisotopic (exact) mass is 252 g/mol. The maximum Gasteiger partial charge on any atom is 0.246 e. The van der Waals surface area contributed by atoms with E-state index in [4.69, 9.17) is 0 Å². The molecule has 1 heterocycles. The summed E-state index contributed by atoms with van der Waals surface area (Å²) in [6, 6.07) is 0.602. The van der Waals surface area contributed by atoms with Crippen molar-refractivity contribution in [2.45, 2.75) is 58.5 Å². The first-order chi connectivity index (χ1) is 8.50. The van der Waals surface area contributed by atoms with Crippen molar-refractivity contribution in [1.29, 1.82) is 0 Å². The summed E-state index contributed by atoms with van der Waals surface area (Å²) in [4.78, 5) is 16.5. The van der Waals surface area contributed by atoms with Crippen LogP contribution in [0.2, 0.25) is 0 Å². The molecule has 1 amide bonds. The molecule has 0 bridgehead atoms. The van der Waals surface area contributed by atoms with Gasteiger partial charge < -0.3 is 9.80 Å². The molecule has 0 atom stereocenters. The Hall–Kier alpha value is -0.830. The maximum absolute atomic E-state index is 12.0. The van der Waals surface area contributed by atoms with Crippen molar-refractivity contribution in [2.75, 3.05) is 19.6 Å². The fraction of sp³-hybridized carbons (Fsp3) is 0.800. The third-order valence-electron chi connectivity index (χ3n) is 4.45. The van der Waals surface area contributed by atoms with Crippen LogP contribution in [0.1, 0.15) is 47.0 Å². The molecular formula is C15H28N2O. The second-order valence-corrected chi connectivity index (χ2v) is 5.49. The van der Waals surface area contributed by atoms with Crippen LogP contribution in [0.5, 0.6) is 0 Å². The lowest BCUT2D eigenvalue weighted by Crippen LogP contribution is -2.57. The quantitative estimate of drug-likeness (QED) is 0.702. The van der Waals surface area contributed by atoms with Crippen LogP contribution in [0.15, 0.2) is 12.7 Å². The van der Waals surface area contributed by atoms with Gasteiger partial charge in [-0.1, -0.05) is 13.5 Å². The van der Waals surface area contributed by atoms with Gasteiger partial charge in [-0.15, -0.1) is 0 Å². The number of hydrogen-bond donors (Lipinski definition) is 0. The second kappa shape index (κ2) is 6.37. The van der Waals surface area contributed by atoms with Crippen molar-refractivity contribution in [2.24, 2.45) is 0 Å². The zero-order valence-corrected chi connectivity index (χ0v) is 12.4. The molecule has 0 aromatic rings. The highest BCUT2D eigenvalue weighted by Gasteiger charge is 2.39. The number of hydrogen-bond acceptors (Lipinski definition) is 2. The lowest BCUT2D eigenvalue weighted by Gasteiger charge is -2.49. The summed E-state index contributed by atoms with van der Waals surface area (Å²) in [5.74, 6) is 0.0809. The Bertz CT molecular complexity index is 291. The Morgan fingerprint density at radius 1 is 1.39 bits per heavy atom. The number of nitrogens with zero attached hydrogens (tertiary/aromatic N) is 2. The molecule has 1 rings (SSSR count). The summed E-state index contributed by atoms with van der Waals surface area (Å²) >= 11 is 0. The van der Waals surface area contributed by atoms with Crippen molar-refractivity contribution < 1.29 is 4.79 Å². The van der Waals surface area contributed by atoms with E-state index in [1.807, 2.05) is 4.90 Å². The lowest BCUT2D eigenvalue weighted by molar-refractivity contribution is -0.134. The number of carbonyl (C=O) groups is 1. The Labute approximate surface area is 112 Å². The molecule has 3 heteroatoms. The molecule has 104 valence electrons. The van der Waals surface area contributed by atoms with E-state index in [0.29, 0.717) is 6.04 Å². The van der Waals surface area contributed by atoms with E-state index in [1.165, 1.54) is 6.08 Å². The van der Waals surface area contributed by atoms with Crippen molar-refractivity contribution in [3.8, 4) is 0 Å². The van der Waals surface area contributed by atoms with Crippen LogP contribution in [0.4, 0.5) is 0 Å². The average molecular weight is 252 g/mol. The Kier molecular flexibility index (Phi) is 5.39. The van der Waals surface area contributed by atoms with E-state index in [0.717, 1.165) is 38.9 Å². The highest BCUT2D eigenvalue weighted by atomic mass is 16.2. The summed E-state index contributed by atoms with van der Waals surface area (Å²) in [7, 11) is 0. The van der Waals surface area contributed by atoms with Crippen molar-refractivity contribution >= 4 is 5.91 Å². The number of amides is 1. The van der Waals surface area contributed by atoms with Gasteiger partial charge in [0, 0.05) is 31.2 Å². The Morgan fingerprint density at radius 3 is 2.28 bits per heavy atom. The van der Waals surface area contributed by atoms with Gasteiger partial charge in [0.25, 0.3) is 0 Å². The van der Waals surface area contributed by atoms with Gasteiger partial charge >= 0.3 is 0 Å². The lowest BCUT2D eigenvalue weighted by atomic mass is 9.82. The maximum atomic E-state index is 12.0. The highest BCUT2D eigenvalue weighted by Crippen LogP contribution is 2.33. The topological polar surface area (TPSA) is 23.6 Å². The zero-order valence-electron chi connectivity index (χ0n) is 12.4. The van der Waals surface area contributed by atoms with Crippen molar-refractivity contribution in [1.82, 2.24) is 9.80 Å². The normalized spacial score (nSPS) is 19.8. The summed E-state index contributed by atoms with van der Waals surface area (Å²) in [6.07, 6.45) is 4.65. The molecule has 18 heavy (non-hydrogen) atoms. The standard InChI is InChI=1S/C15H28N2O/c1-6-14(18)17(8-3)15(7-2)9-11-16(12-10-15)13(4)5/h6,13H,1,7-12H2,2-5H3. The predicted octanol–water partition coefficient (Wildman–Crippen LogP) is 2.67. The number of likely N-dealkylation sites (tertiary alicyclic amines) is 1. The smallest absolute Gasteiger partial charge is 0.246 e. The molecule has 3 nitrogen and oxygen atoms in total. The molecule has 0 spiro atoms. The molecule has 1 fully saturated rings. The van der Waals surface area contributed by atoms with E-state index in [2.05, 4.69) is 39.2 Å². The van der Waals surface area contributed by atoms with Gasteiger partial charge in [0.05, 0.1) is 0 Å². The molecule has 0 unspecified atom stereocenters. The van der Waals surface area contributed by atoms with Crippen LogP contribution in [0, 0.1) is 0 Å². The Balaban J connectivity index is 2.81. The van der Waals surface area contributed by atoms with Crippen LogP contribution in [-0.2, 0) is 4.79 Å². The first-order valence-corrected chi connectivity index (χ1v) is 7.18. The van der Waals surface area contributed by atoms with Crippen molar-refractivity contribution in [3.05, 3.63) is 12.7 Å². The SMILES string of the molecule is C=CC(=O)N(CC)C1(CC)CCN(C(C)C)CC1. The number of rotatable bonds is 5. The van der Waals surface area contributed by atoms with E-state index in [-0.39, 0.29) is 11.4 Å². The Morgan fingerprint density at radius 2 is 1.94 bits per heavy atom. The first-order valence-electron chi connectivity index (χ1n) is 7.18. The number of piperidine rings is 1. The molecule has 0 radical (unpaired) electrons. The molecule has 0 saturated carbocycles. The minimum Gasteiger partial charge on any atom is -0.334 e. The molecule has 0 aliphatic carbocycles. The number of likely N-dealkylation sites (N-methyl/N-ethyl adjacent to an activating group) is 1. The van der Waals surface area contributed by atoms with E-state index >= 15 is 0 Å². The first kappa shape index (κ1) is 15.2. The zero-order chi connectivity index (χ0) is 13.8. The minimum absolute atomic E-state index is 0.0470. The van der Waals surface area contributed by atoms with Gasteiger partial charge in [-0.05, 0) is 46.1 Å². The van der Waals surface area contributed by atoms with Crippen LogP contribution < -0.4 is 0 Å². The molecule has 1 aliphatic rings. The highest BCUT2D eigenvalue weighted by molar-refractivity contribution is 5.87.